The van der Waals surface area contributed by atoms with Crippen LogP contribution in [0.15, 0.2) is 42.5 Å². The standard InChI is InChI=1S/C22H27N3O4S/c1-16-10-11-20(17(2)14-16)25(30(3,28)29)15-21(26)23-19-9-5-4-8-18(19)22(27)24-12-6-7-13-24/h4-5,8-11,14H,6-7,12-13,15H2,1-3H3,(H,23,26). The molecule has 8 heteroatoms. The van der Waals surface area contributed by atoms with Crippen LogP contribution in [0.2, 0.25) is 0 Å². The molecule has 2 aromatic carbocycles. The van der Waals surface area contributed by atoms with Gasteiger partial charge in [0.15, 0.2) is 0 Å². The summed E-state index contributed by atoms with van der Waals surface area (Å²) >= 11 is 0. The van der Waals surface area contributed by atoms with Gasteiger partial charge in [-0.25, -0.2) is 8.42 Å². The SMILES string of the molecule is Cc1ccc(N(CC(=O)Nc2ccccc2C(=O)N2CCCC2)S(C)(=O)=O)c(C)c1. The molecule has 0 saturated carbocycles. The zero-order valence-electron chi connectivity index (χ0n) is 17.5. The summed E-state index contributed by atoms with van der Waals surface area (Å²) in [6.45, 7) is 4.76. The third-order valence-corrected chi connectivity index (χ3v) is 6.26. The molecule has 0 aromatic heterocycles. The molecule has 1 aliphatic heterocycles. The monoisotopic (exact) mass is 429 g/mol. The van der Waals surface area contributed by atoms with Gasteiger partial charge in [-0.1, -0.05) is 29.8 Å². The summed E-state index contributed by atoms with van der Waals surface area (Å²) in [6, 6.07) is 12.2. The van der Waals surface area contributed by atoms with Crippen molar-refractivity contribution in [2.45, 2.75) is 26.7 Å². The third kappa shape index (κ3) is 4.99. The molecule has 1 heterocycles. The molecule has 0 aliphatic carbocycles. The van der Waals surface area contributed by atoms with Crippen LogP contribution in [0.25, 0.3) is 0 Å². The van der Waals surface area contributed by atoms with Crippen LogP contribution < -0.4 is 9.62 Å². The van der Waals surface area contributed by atoms with Gasteiger partial charge in [0.05, 0.1) is 23.2 Å². The second kappa shape index (κ2) is 8.87. The van der Waals surface area contributed by atoms with E-state index in [4.69, 9.17) is 0 Å². The minimum atomic E-state index is -3.68. The molecule has 1 fully saturated rings. The smallest absolute Gasteiger partial charge is 0.255 e. The van der Waals surface area contributed by atoms with Crippen LogP contribution in [-0.2, 0) is 14.8 Å². The number of anilines is 2. The van der Waals surface area contributed by atoms with Crippen LogP contribution in [0.5, 0.6) is 0 Å². The molecule has 0 radical (unpaired) electrons. The summed E-state index contributed by atoms with van der Waals surface area (Å²) in [5.74, 6) is -0.639. The Labute approximate surface area is 177 Å². The van der Waals surface area contributed by atoms with Crippen molar-refractivity contribution >= 4 is 33.2 Å². The zero-order chi connectivity index (χ0) is 21.9. The van der Waals surface area contributed by atoms with E-state index in [9.17, 15) is 18.0 Å². The lowest BCUT2D eigenvalue weighted by Crippen LogP contribution is -2.38. The van der Waals surface area contributed by atoms with Gasteiger partial charge in [-0.3, -0.25) is 13.9 Å². The molecule has 0 spiro atoms. The van der Waals surface area contributed by atoms with Crippen LogP contribution in [0, 0.1) is 13.8 Å². The van der Waals surface area contributed by atoms with E-state index in [2.05, 4.69) is 5.32 Å². The number of nitrogens with zero attached hydrogens (tertiary/aromatic N) is 2. The highest BCUT2D eigenvalue weighted by molar-refractivity contribution is 7.92. The number of nitrogens with one attached hydrogen (secondary N) is 1. The Morgan fingerprint density at radius 3 is 2.37 bits per heavy atom. The Balaban J connectivity index is 1.82. The predicted molar refractivity (Wildman–Crippen MR) is 118 cm³/mol. The van der Waals surface area contributed by atoms with Crippen molar-refractivity contribution in [2.24, 2.45) is 0 Å². The number of carbonyl (C=O) groups excluding carboxylic acids is 2. The second-order valence-corrected chi connectivity index (χ2v) is 9.56. The maximum absolute atomic E-state index is 12.8. The number of benzene rings is 2. The summed E-state index contributed by atoms with van der Waals surface area (Å²) in [4.78, 5) is 27.3. The van der Waals surface area contributed by atoms with Gasteiger partial charge in [0, 0.05) is 13.1 Å². The molecular weight excluding hydrogens is 402 g/mol. The largest absolute Gasteiger partial charge is 0.339 e. The first-order chi connectivity index (χ1) is 14.2. The van der Waals surface area contributed by atoms with E-state index in [1.54, 1.807) is 35.2 Å². The number of para-hydroxylation sites is 1. The molecule has 2 amide bonds. The number of amides is 2. The molecule has 160 valence electrons. The summed E-state index contributed by atoms with van der Waals surface area (Å²) < 4.78 is 25.9. The van der Waals surface area contributed by atoms with Gasteiger partial charge in [0.1, 0.15) is 6.54 Å². The van der Waals surface area contributed by atoms with Crippen molar-refractivity contribution in [3.63, 3.8) is 0 Å². The third-order valence-electron chi connectivity index (χ3n) is 5.13. The van der Waals surface area contributed by atoms with Crippen molar-refractivity contribution in [3.05, 3.63) is 59.2 Å². The van der Waals surface area contributed by atoms with Gasteiger partial charge in [-0.2, -0.15) is 0 Å². The van der Waals surface area contributed by atoms with Crippen LogP contribution in [0.4, 0.5) is 11.4 Å². The second-order valence-electron chi connectivity index (χ2n) is 7.65. The predicted octanol–water partition coefficient (Wildman–Crippen LogP) is 2.94. The number of likely N-dealkylation sites (tertiary alicyclic amines) is 1. The van der Waals surface area contributed by atoms with E-state index < -0.39 is 15.9 Å². The molecule has 1 N–H and O–H groups in total. The van der Waals surface area contributed by atoms with Crippen molar-refractivity contribution < 1.29 is 18.0 Å². The minimum absolute atomic E-state index is 0.127. The van der Waals surface area contributed by atoms with Gasteiger partial charge in [-0.15, -0.1) is 0 Å². The van der Waals surface area contributed by atoms with Crippen LogP contribution in [-0.4, -0.2) is 51.0 Å². The fourth-order valence-corrected chi connectivity index (χ4v) is 4.57. The molecule has 7 nitrogen and oxygen atoms in total. The van der Waals surface area contributed by atoms with E-state index in [-0.39, 0.29) is 12.5 Å². The fourth-order valence-electron chi connectivity index (χ4n) is 3.66. The number of hydrogen-bond donors (Lipinski definition) is 1. The summed E-state index contributed by atoms with van der Waals surface area (Å²) in [5.41, 5.74) is 3.01. The maximum Gasteiger partial charge on any atom is 0.255 e. The fraction of sp³-hybridized carbons (Fsp3) is 0.364. The first kappa shape index (κ1) is 21.8. The topological polar surface area (TPSA) is 86.8 Å². The van der Waals surface area contributed by atoms with Crippen molar-refractivity contribution in [1.29, 1.82) is 0 Å². The molecule has 1 aliphatic rings. The van der Waals surface area contributed by atoms with E-state index in [1.165, 1.54) is 0 Å². The van der Waals surface area contributed by atoms with Gasteiger partial charge < -0.3 is 10.2 Å². The summed E-state index contributed by atoms with van der Waals surface area (Å²) in [6.07, 6.45) is 3.02. The van der Waals surface area contributed by atoms with Gasteiger partial charge in [-0.05, 0) is 50.5 Å². The summed E-state index contributed by atoms with van der Waals surface area (Å²) in [7, 11) is -3.68. The highest BCUT2D eigenvalue weighted by atomic mass is 32.2. The number of hydrogen-bond acceptors (Lipinski definition) is 4. The average Bonchev–Trinajstić information content (AvgIpc) is 3.20. The number of sulfonamides is 1. The van der Waals surface area contributed by atoms with E-state index >= 15 is 0 Å². The van der Waals surface area contributed by atoms with E-state index in [1.807, 2.05) is 26.0 Å². The lowest BCUT2D eigenvalue weighted by molar-refractivity contribution is -0.114. The Morgan fingerprint density at radius 1 is 1.07 bits per heavy atom. The Kier molecular flexibility index (Phi) is 6.45. The zero-order valence-corrected chi connectivity index (χ0v) is 18.3. The number of rotatable bonds is 6. The molecule has 2 aromatic rings. The van der Waals surface area contributed by atoms with Crippen molar-refractivity contribution in [2.75, 3.05) is 35.5 Å². The Hall–Kier alpha value is -2.87. The highest BCUT2D eigenvalue weighted by Gasteiger charge is 2.25. The van der Waals surface area contributed by atoms with Gasteiger partial charge >= 0.3 is 0 Å². The van der Waals surface area contributed by atoms with Crippen LogP contribution >= 0.6 is 0 Å². The maximum atomic E-state index is 12.8. The Morgan fingerprint density at radius 2 is 1.73 bits per heavy atom. The van der Waals surface area contributed by atoms with Gasteiger partial charge in [0.25, 0.3) is 5.91 Å². The highest BCUT2D eigenvalue weighted by Crippen LogP contribution is 2.24. The summed E-state index contributed by atoms with van der Waals surface area (Å²) in [5, 5.41) is 2.73. The van der Waals surface area contributed by atoms with Crippen molar-refractivity contribution in [1.82, 2.24) is 4.90 Å². The number of aryl methyl sites for hydroxylation is 2. The average molecular weight is 430 g/mol. The molecule has 30 heavy (non-hydrogen) atoms. The first-order valence-corrected chi connectivity index (χ1v) is 11.7. The molecule has 1 saturated heterocycles. The molecule has 3 rings (SSSR count). The van der Waals surface area contributed by atoms with E-state index in [0.717, 1.165) is 34.5 Å². The van der Waals surface area contributed by atoms with Crippen molar-refractivity contribution in [3.8, 4) is 0 Å². The molecule has 0 atom stereocenters. The molecule has 0 unspecified atom stereocenters. The molecule has 0 bridgehead atoms. The van der Waals surface area contributed by atoms with Gasteiger partial charge in [0.2, 0.25) is 15.9 Å². The normalized spacial score (nSPS) is 13.9. The quantitative estimate of drug-likeness (QED) is 0.765. The Bertz CT molecular complexity index is 1060. The molecular formula is C22H27N3O4S. The van der Waals surface area contributed by atoms with E-state index in [0.29, 0.717) is 30.0 Å². The first-order valence-electron chi connectivity index (χ1n) is 9.90. The lowest BCUT2D eigenvalue weighted by atomic mass is 10.1. The number of carbonyl (C=O) groups is 2. The minimum Gasteiger partial charge on any atom is -0.339 e. The van der Waals surface area contributed by atoms with Crippen LogP contribution in [0.3, 0.4) is 0 Å². The lowest BCUT2D eigenvalue weighted by Gasteiger charge is -2.24. The van der Waals surface area contributed by atoms with Crippen LogP contribution in [0.1, 0.15) is 34.3 Å².